The van der Waals surface area contributed by atoms with E-state index in [4.69, 9.17) is 4.74 Å². The molecule has 21 heavy (non-hydrogen) atoms. The molecule has 1 aromatic heterocycles. The summed E-state index contributed by atoms with van der Waals surface area (Å²) in [6, 6.07) is 12.3. The number of rotatable bonds is 8. The third-order valence-electron chi connectivity index (χ3n) is 3.07. The van der Waals surface area contributed by atoms with Crippen molar-refractivity contribution >= 4 is 15.9 Å². The quantitative estimate of drug-likeness (QED) is 0.730. The van der Waals surface area contributed by atoms with Crippen molar-refractivity contribution in [1.29, 1.82) is 0 Å². The molecule has 3 nitrogen and oxygen atoms in total. The molecule has 2 aromatic rings. The van der Waals surface area contributed by atoms with Crippen molar-refractivity contribution in [3.05, 3.63) is 63.9 Å². The maximum atomic E-state index is 5.69. The maximum absolute atomic E-state index is 5.69. The van der Waals surface area contributed by atoms with E-state index < -0.39 is 0 Å². The normalized spacial score (nSPS) is 10.8. The van der Waals surface area contributed by atoms with Gasteiger partial charge in [0.25, 0.3) is 0 Å². The molecule has 0 aliphatic rings. The van der Waals surface area contributed by atoms with Crippen molar-refractivity contribution in [2.45, 2.75) is 33.1 Å². The van der Waals surface area contributed by atoms with Crippen LogP contribution >= 0.6 is 15.9 Å². The Balaban J connectivity index is 1.74. The summed E-state index contributed by atoms with van der Waals surface area (Å²) in [6.45, 7) is 5.23. The van der Waals surface area contributed by atoms with Crippen molar-refractivity contribution in [3.63, 3.8) is 0 Å². The van der Waals surface area contributed by atoms with Crippen LogP contribution in [0.15, 0.2) is 47.1 Å². The van der Waals surface area contributed by atoms with Crippen LogP contribution in [0.3, 0.4) is 0 Å². The Kier molecular flexibility index (Phi) is 6.86. The largest absolute Gasteiger partial charge is 0.370 e. The molecule has 0 atom stereocenters. The monoisotopic (exact) mass is 348 g/mol. The number of benzene rings is 1. The molecular weight excluding hydrogens is 328 g/mol. The molecule has 2 rings (SSSR count). The van der Waals surface area contributed by atoms with Crippen molar-refractivity contribution < 1.29 is 4.74 Å². The van der Waals surface area contributed by atoms with Gasteiger partial charge in [-0.05, 0) is 42.3 Å². The summed E-state index contributed by atoms with van der Waals surface area (Å²) < 4.78 is 6.77. The first-order chi connectivity index (χ1) is 10.3. The van der Waals surface area contributed by atoms with E-state index in [-0.39, 0.29) is 0 Å². The first-order valence-corrected chi connectivity index (χ1v) is 8.04. The van der Waals surface area contributed by atoms with E-state index in [0.717, 1.165) is 29.7 Å². The molecule has 0 spiro atoms. The number of halogens is 1. The molecule has 0 saturated carbocycles. The Morgan fingerprint density at radius 1 is 1.05 bits per heavy atom. The Labute approximate surface area is 134 Å². The summed E-state index contributed by atoms with van der Waals surface area (Å²) in [7, 11) is 0. The Morgan fingerprint density at radius 2 is 1.81 bits per heavy atom. The molecule has 0 saturated heterocycles. The zero-order valence-corrected chi connectivity index (χ0v) is 13.9. The molecule has 0 unspecified atom stereocenters. The van der Waals surface area contributed by atoms with Gasteiger partial charge in [-0.2, -0.15) is 0 Å². The van der Waals surface area contributed by atoms with Crippen LogP contribution in [0.5, 0.6) is 0 Å². The third-order valence-corrected chi connectivity index (χ3v) is 3.60. The van der Waals surface area contributed by atoms with E-state index >= 15 is 0 Å². The molecule has 0 aliphatic carbocycles. The molecule has 0 fully saturated rings. The first kappa shape index (κ1) is 16.1. The van der Waals surface area contributed by atoms with E-state index in [1.165, 1.54) is 11.1 Å². The van der Waals surface area contributed by atoms with Crippen LogP contribution in [-0.2, 0) is 24.5 Å². The average Bonchev–Trinajstić information content (AvgIpc) is 2.51. The summed E-state index contributed by atoms with van der Waals surface area (Å²) in [5.41, 5.74) is 3.34. The Morgan fingerprint density at radius 3 is 2.48 bits per heavy atom. The van der Waals surface area contributed by atoms with Gasteiger partial charge >= 0.3 is 0 Å². The van der Waals surface area contributed by atoms with Gasteiger partial charge in [0.05, 0.1) is 18.9 Å². The number of hydrogen-bond acceptors (Lipinski definition) is 3. The second-order valence-electron chi connectivity index (χ2n) is 4.95. The molecule has 1 aromatic carbocycles. The molecule has 1 heterocycles. The van der Waals surface area contributed by atoms with Gasteiger partial charge in [0, 0.05) is 17.2 Å². The van der Waals surface area contributed by atoms with Gasteiger partial charge in [-0.25, -0.2) is 0 Å². The van der Waals surface area contributed by atoms with Crippen LogP contribution in [0, 0.1) is 0 Å². The zero-order valence-electron chi connectivity index (χ0n) is 12.3. The SMILES string of the molecule is CCCNCc1ccc(COCc2ccc(Br)cc2)nc1. The highest BCUT2D eigenvalue weighted by Crippen LogP contribution is 2.12. The van der Waals surface area contributed by atoms with Gasteiger partial charge in [0.2, 0.25) is 0 Å². The van der Waals surface area contributed by atoms with E-state index in [0.29, 0.717) is 13.2 Å². The average molecular weight is 349 g/mol. The summed E-state index contributed by atoms with van der Waals surface area (Å²) in [5, 5.41) is 3.36. The fourth-order valence-electron chi connectivity index (χ4n) is 1.91. The van der Waals surface area contributed by atoms with Crippen LogP contribution in [0.25, 0.3) is 0 Å². The van der Waals surface area contributed by atoms with Gasteiger partial charge in [-0.1, -0.05) is 41.1 Å². The lowest BCUT2D eigenvalue weighted by Crippen LogP contribution is -2.14. The highest BCUT2D eigenvalue weighted by molar-refractivity contribution is 9.10. The number of nitrogens with one attached hydrogen (secondary N) is 1. The number of nitrogens with zero attached hydrogens (tertiary/aromatic N) is 1. The van der Waals surface area contributed by atoms with Crippen LogP contribution < -0.4 is 5.32 Å². The smallest absolute Gasteiger partial charge is 0.0892 e. The van der Waals surface area contributed by atoms with Crippen LogP contribution in [-0.4, -0.2) is 11.5 Å². The standard InChI is InChI=1S/C17H21BrN2O/c1-2-9-19-10-15-5-8-17(20-11-15)13-21-12-14-3-6-16(18)7-4-14/h3-8,11,19H,2,9-10,12-13H2,1H3. The number of ether oxygens (including phenoxy) is 1. The minimum Gasteiger partial charge on any atom is -0.370 e. The number of pyridine rings is 1. The zero-order chi connectivity index (χ0) is 14.9. The van der Waals surface area contributed by atoms with E-state index in [9.17, 15) is 0 Å². The predicted octanol–water partition coefficient (Wildman–Crippen LogP) is 4.06. The van der Waals surface area contributed by atoms with Crippen molar-refractivity contribution in [3.8, 4) is 0 Å². The van der Waals surface area contributed by atoms with Crippen LogP contribution in [0.2, 0.25) is 0 Å². The molecule has 4 heteroatoms. The predicted molar refractivity (Wildman–Crippen MR) is 88.9 cm³/mol. The van der Waals surface area contributed by atoms with E-state index in [1.54, 1.807) is 0 Å². The van der Waals surface area contributed by atoms with E-state index in [1.807, 2.05) is 24.4 Å². The number of aromatic nitrogens is 1. The lowest BCUT2D eigenvalue weighted by Gasteiger charge is -2.06. The molecule has 0 amide bonds. The van der Waals surface area contributed by atoms with Crippen molar-refractivity contribution in [2.75, 3.05) is 6.54 Å². The topological polar surface area (TPSA) is 34.1 Å². The van der Waals surface area contributed by atoms with Gasteiger partial charge < -0.3 is 10.1 Å². The maximum Gasteiger partial charge on any atom is 0.0892 e. The Bertz CT molecular complexity index is 525. The summed E-state index contributed by atoms with van der Waals surface area (Å²) in [4.78, 5) is 4.43. The molecule has 0 bridgehead atoms. The Hall–Kier alpha value is -1.23. The fourth-order valence-corrected chi connectivity index (χ4v) is 2.17. The lowest BCUT2D eigenvalue weighted by atomic mass is 10.2. The lowest BCUT2D eigenvalue weighted by molar-refractivity contribution is 0.104. The fraction of sp³-hybridized carbons (Fsp3) is 0.353. The highest BCUT2D eigenvalue weighted by atomic mass is 79.9. The van der Waals surface area contributed by atoms with Crippen molar-refractivity contribution in [1.82, 2.24) is 10.3 Å². The molecular formula is C17H21BrN2O. The molecule has 0 radical (unpaired) electrons. The highest BCUT2D eigenvalue weighted by Gasteiger charge is 1.98. The van der Waals surface area contributed by atoms with Gasteiger partial charge in [-0.15, -0.1) is 0 Å². The first-order valence-electron chi connectivity index (χ1n) is 7.24. The van der Waals surface area contributed by atoms with Crippen LogP contribution in [0.1, 0.15) is 30.2 Å². The van der Waals surface area contributed by atoms with Gasteiger partial charge in [-0.3, -0.25) is 4.98 Å². The van der Waals surface area contributed by atoms with Gasteiger partial charge in [0.15, 0.2) is 0 Å². The van der Waals surface area contributed by atoms with Crippen LogP contribution in [0.4, 0.5) is 0 Å². The summed E-state index contributed by atoms with van der Waals surface area (Å²) >= 11 is 3.42. The summed E-state index contributed by atoms with van der Waals surface area (Å²) in [5.74, 6) is 0. The molecule has 1 N–H and O–H groups in total. The van der Waals surface area contributed by atoms with Crippen molar-refractivity contribution in [2.24, 2.45) is 0 Å². The minimum atomic E-state index is 0.540. The summed E-state index contributed by atoms with van der Waals surface area (Å²) in [6.07, 6.45) is 3.07. The second-order valence-corrected chi connectivity index (χ2v) is 5.87. The number of hydrogen-bond donors (Lipinski definition) is 1. The van der Waals surface area contributed by atoms with E-state index in [2.05, 4.69) is 51.4 Å². The third kappa shape index (κ3) is 5.96. The molecule has 112 valence electrons. The minimum absolute atomic E-state index is 0.540. The van der Waals surface area contributed by atoms with Gasteiger partial charge in [0.1, 0.15) is 0 Å². The second kappa shape index (κ2) is 8.93. The molecule has 0 aliphatic heterocycles.